The Morgan fingerprint density at radius 3 is 2.90 bits per heavy atom. The van der Waals surface area contributed by atoms with Crippen LogP contribution in [0, 0.1) is 0 Å². The summed E-state index contributed by atoms with van der Waals surface area (Å²) in [6.45, 7) is 1.29. The van der Waals surface area contributed by atoms with Crippen LogP contribution in [0.2, 0.25) is 0 Å². The first-order valence-corrected chi connectivity index (χ1v) is 9.76. The highest BCUT2D eigenvalue weighted by molar-refractivity contribution is 7.13. The molecule has 2 N–H and O–H groups in total. The zero-order valence-electron chi connectivity index (χ0n) is 15.1. The third kappa shape index (κ3) is 4.70. The third-order valence-electron chi connectivity index (χ3n) is 4.53. The SMILES string of the molecule is O=C(N[C@@H]1CCN(c2cc(-c3cccs3)[nH]n2)C1)c1cccc(OC(F)(F)F)c1. The Bertz CT molecular complexity index is 988. The minimum Gasteiger partial charge on any atom is -0.406 e. The molecule has 1 aliphatic rings. The van der Waals surface area contributed by atoms with Gasteiger partial charge in [0.15, 0.2) is 5.82 Å². The van der Waals surface area contributed by atoms with Crippen molar-refractivity contribution in [1.82, 2.24) is 15.5 Å². The molecule has 0 unspecified atom stereocenters. The van der Waals surface area contributed by atoms with E-state index in [1.165, 1.54) is 12.1 Å². The van der Waals surface area contributed by atoms with E-state index in [1.54, 1.807) is 11.3 Å². The van der Waals surface area contributed by atoms with Crippen LogP contribution in [-0.4, -0.2) is 41.6 Å². The first kappa shape index (κ1) is 19.3. The first-order valence-electron chi connectivity index (χ1n) is 8.88. The van der Waals surface area contributed by atoms with Crippen LogP contribution < -0.4 is 15.0 Å². The number of aromatic amines is 1. The van der Waals surface area contributed by atoms with Gasteiger partial charge in [0.05, 0.1) is 10.6 Å². The second kappa shape index (κ2) is 7.78. The van der Waals surface area contributed by atoms with Crippen LogP contribution in [-0.2, 0) is 0 Å². The number of carbonyl (C=O) groups is 1. The van der Waals surface area contributed by atoms with Crippen molar-refractivity contribution in [3.05, 3.63) is 53.4 Å². The number of thiophene rings is 1. The van der Waals surface area contributed by atoms with Gasteiger partial charge in [0.1, 0.15) is 5.75 Å². The molecule has 0 bridgehead atoms. The van der Waals surface area contributed by atoms with Gasteiger partial charge in [-0.25, -0.2) is 0 Å². The fourth-order valence-corrected chi connectivity index (χ4v) is 3.91. The predicted molar refractivity (Wildman–Crippen MR) is 103 cm³/mol. The molecule has 3 heterocycles. The van der Waals surface area contributed by atoms with E-state index in [0.717, 1.165) is 35.1 Å². The second-order valence-corrected chi connectivity index (χ2v) is 7.55. The maximum Gasteiger partial charge on any atom is 0.573 e. The van der Waals surface area contributed by atoms with Gasteiger partial charge in [0.2, 0.25) is 0 Å². The summed E-state index contributed by atoms with van der Waals surface area (Å²) in [6.07, 6.45) is -4.09. The lowest BCUT2D eigenvalue weighted by Crippen LogP contribution is -2.37. The maximum absolute atomic E-state index is 12.4. The van der Waals surface area contributed by atoms with E-state index in [0.29, 0.717) is 13.0 Å². The quantitative estimate of drug-likeness (QED) is 0.651. The molecule has 152 valence electrons. The summed E-state index contributed by atoms with van der Waals surface area (Å²) < 4.78 is 41.0. The molecule has 0 aliphatic carbocycles. The standard InChI is InChI=1S/C19H17F3N4O2S/c20-19(21,22)28-14-4-1-3-12(9-14)18(27)23-13-6-7-26(11-13)17-10-15(24-25-17)16-5-2-8-29-16/h1-5,8-10,13H,6-7,11H2,(H,23,27)(H,24,25)/t13-/m1/s1. The average molecular weight is 422 g/mol. The van der Waals surface area contributed by atoms with Gasteiger partial charge in [-0.05, 0) is 36.1 Å². The van der Waals surface area contributed by atoms with Crippen LogP contribution in [0.1, 0.15) is 16.8 Å². The molecule has 3 aromatic rings. The predicted octanol–water partition coefficient (Wildman–Crippen LogP) is 4.05. The fourth-order valence-electron chi connectivity index (χ4n) is 3.22. The van der Waals surface area contributed by atoms with Gasteiger partial charge in [-0.15, -0.1) is 24.5 Å². The second-order valence-electron chi connectivity index (χ2n) is 6.60. The molecule has 0 spiro atoms. The zero-order chi connectivity index (χ0) is 20.4. The van der Waals surface area contributed by atoms with Crippen molar-refractivity contribution < 1.29 is 22.7 Å². The van der Waals surface area contributed by atoms with Crippen molar-refractivity contribution in [3.8, 4) is 16.3 Å². The van der Waals surface area contributed by atoms with E-state index < -0.39 is 18.0 Å². The minimum absolute atomic E-state index is 0.116. The molecule has 1 aromatic carbocycles. The highest BCUT2D eigenvalue weighted by Crippen LogP contribution is 2.28. The van der Waals surface area contributed by atoms with Crippen molar-refractivity contribution in [3.63, 3.8) is 0 Å². The van der Waals surface area contributed by atoms with Crippen molar-refractivity contribution >= 4 is 23.1 Å². The molecular weight excluding hydrogens is 405 g/mol. The Morgan fingerprint density at radius 1 is 1.28 bits per heavy atom. The van der Waals surface area contributed by atoms with Gasteiger partial charge in [0, 0.05) is 30.8 Å². The lowest BCUT2D eigenvalue weighted by atomic mass is 10.1. The Kier molecular flexibility index (Phi) is 5.18. The Morgan fingerprint density at radius 2 is 2.14 bits per heavy atom. The van der Waals surface area contributed by atoms with Crippen molar-refractivity contribution in [2.45, 2.75) is 18.8 Å². The first-order chi connectivity index (χ1) is 13.9. The monoisotopic (exact) mass is 422 g/mol. The van der Waals surface area contributed by atoms with Crippen LogP contribution in [0.3, 0.4) is 0 Å². The number of aromatic nitrogens is 2. The van der Waals surface area contributed by atoms with Crippen LogP contribution >= 0.6 is 11.3 Å². The molecule has 2 aromatic heterocycles. The number of carbonyl (C=O) groups excluding carboxylic acids is 1. The molecule has 29 heavy (non-hydrogen) atoms. The molecule has 1 aliphatic heterocycles. The molecule has 1 fully saturated rings. The molecule has 10 heteroatoms. The van der Waals surface area contributed by atoms with E-state index in [2.05, 4.69) is 25.2 Å². The van der Waals surface area contributed by atoms with Gasteiger partial charge < -0.3 is 15.0 Å². The smallest absolute Gasteiger partial charge is 0.406 e. The summed E-state index contributed by atoms with van der Waals surface area (Å²) >= 11 is 1.62. The number of halogens is 3. The van der Waals surface area contributed by atoms with E-state index in [-0.39, 0.29) is 11.6 Å². The number of alkyl halides is 3. The summed E-state index contributed by atoms with van der Waals surface area (Å²) in [7, 11) is 0. The average Bonchev–Trinajstić information content (AvgIpc) is 3.41. The molecule has 4 rings (SSSR count). The molecule has 0 radical (unpaired) electrons. The lowest BCUT2D eigenvalue weighted by molar-refractivity contribution is -0.274. The number of benzene rings is 1. The van der Waals surface area contributed by atoms with Gasteiger partial charge in [-0.3, -0.25) is 9.89 Å². The number of rotatable bonds is 5. The van der Waals surface area contributed by atoms with Gasteiger partial charge in [0.25, 0.3) is 5.91 Å². The van der Waals surface area contributed by atoms with Gasteiger partial charge >= 0.3 is 6.36 Å². The van der Waals surface area contributed by atoms with Crippen LogP contribution in [0.4, 0.5) is 19.0 Å². The normalized spacial score (nSPS) is 16.8. The number of anilines is 1. The Labute approximate surface area is 168 Å². The van der Waals surface area contributed by atoms with Gasteiger partial charge in [-0.1, -0.05) is 12.1 Å². The van der Waals surface area contributed by atoms with Gasteiger partial charge in [-0.2, -0.15) is 5.10 Å². The maximum atomic E-state index is 12.4. The molecule has 6 nitrogen and oxygen atoms in total. The zero-order valence-corrected chi connectivity index (χ0v) is 15.9. The number of amides is 1. The Hall–Kier alpha value is -3.01. The molecule has 1 amide bonds. The topological polar surface area (TPSA) is 70.2 Å². The number of H-pyrrole nitrogens is 1. The number of nitrogens with one attached hydrogen (secondary N) is 2. The van der Waals surface area contributed by atoms with E-state index in [1.807, 2.05) is 23.6 Å². The lowest BCUT2D eigenvalue weighted by Gasteiger charge is -2.16. The summed E-state index contributed by atoms with van der Waals surface area (Å²) in [5, 5.41) is 12.2. The third-order valence-corrected chi connectivity index (χ3v) is 5.43. The molecular formula is C19H17F3N4O2S. The summed E-state index contributed by atoms with van der Waals surface area (Å²) in [5.41, 5.74) is 1.05. The highest BCUT2D eigenvalue weighted by Gasteiger charge is 2.31. The summed E-state index contributed by atoms with van der Waals surface area (Å²) in [5.74, 6) is -0.0627. The summed E-state index contributed by atoms with van der Waals surface area (Å²) in [4.78, 5) is 15.6. The Balaban J connectivity index is 1.37. The van der Waals surface area contributed by atoms with E-state index >= 15 is 0 Å². The summed E-state index contributed by atoms with van der Waals surface area (Å²) in [6, 6.07) is 10.9. The van der Waals surface area contributed by atoms with Crippen molar-refractivity contribution in [1.29, 1.82) is 0 Å². The molecule has 0 saturated carbocycles. The number of ether oxygens (including phenoxy) is 1. The number of hydrogen-bond acceptors (Lipinski definition) is 5. The minimum atomic E-state index is -4.80. The highest BCUT2D eigenvalue weighted by atomic mass is 32.1. The number of hydrogen-bond donors (Lipinski definition) is 2. The van der Waals surface area contributed by atoms with Crippen molar-refractivity contribution in [2.24, 2.45) is 0 Å². The fraction of sp³-hybridized carbons (Fsp3) is 0.263. The largest absolute Gasteiger partial charge is 0.573 e. The van der Waals surface area contributed by atoms with E-state index in [9.17, 15) is 18.0 Å². The van der Waals surface area contributed by atoms with Crippen LogP contribution in [0.25, 0.3) is 10.6 Å². The molecule has 1 atom stereocenters. The van der Waals surface area contributed by atoms with Crippen LogP contribution in [0.5, 0.6) is 5.75 Å². The number of nitrogens with zero attached hydrogens (tertiary/aromatic N) is 2. The molecule has 1 saturated heterocycles. The van der Waals surface area contributed by atoms with Crippen molar-refractivity contribution in [2.75, 3.05) is 18.0 Å². The van der Waals surface area contributed by atoms with Crippen LogP contribution in [0.15, 0.2) is 47.8 Å². The van der Waals surface area contributed by atoms with E-state index in [4.69, 9.17) is 0 Å².